The molecule has 0 aromatic carbocycles. The normalized spacial score (nSPS) is 50.8. The molecular weight excluding hydrogens is 376 g/mol. The van der Waals surface area contributed by atoms with E-state index >= 15 is 0 Å². The Morgan fingerprint density at radius 3 is 2.06 bits per heavy atom. The lowest BCUT2D eigenvalue weighted by Gasteiger charge is -2.70. The fraction of sp³-hybridized carbons (Fsp3) is 0.900. The van der Waals surface area contributed by atoms with Gasteiger partial charge < -0.3 is 0 Å². The van der Waals surface area contributed by atoms with E-state index in [-0.39, 0.29) is 5.41 Å². The zero-order chi connectivity index (χ0) is 22.7. The Hall–Kier alpha value is -0.590. The number of Topliss-reactive ketones (excluding diaryl/α,β-unsaturated/α-hetero) is 1. The van der Waals surface area contributed by atoms with Crippen LogP contribution in [-0.4, -0.2) is 5.78 Å². The summed E-state index contributed by atoms with van der Waals surface area (Å²) in [7, 11) is 0. The SMILES string of the molecule is CC1(C)CC[C@]2(C)CC[C@]3(C)C(=C2C1)CC[C@@H]1[C@@]2(C)CCC(=O)C(C)(C)C2CC[C@]13C. The predicted octanol–water partition coefficient (Wildman–Crippen LogP) is 8.52. The largest absolute Gasteiger partial charge is 0.299 e. The highest BCUT2D eigenvalue weighted by Crippen LogP contribution is 2.75. The van der Waals surface area contributed by atoms with Gasteiger partial charge in [-0.15, -0.1) is 0 Å². The zero-order valence-corrected chi connectivity index (χ0v) is 21.8. The topological polar surface area (TPSA) is 17.1 Å². The summed E-state index contributed by atoms with van der Waals surface area (Å²) in [6.07, 6.45) is 14.1. The van der Waals surface area contributed by atoms with E-state index in [1.165, 1.54) is 57.8 Å². The van der Waals surface area contributed by atoms with Crippen LogP contribution in [0, 0.1) is 44.3 Å². The Kier molecular flexibility index (Phi) is 4.51. The van der Waals surface area contributed by atoms with E-state index < -0.39 is 0 Å². The Bertz CT molecular complexity index is 844. The first-order chi connectivity index (χ1) is 14.2. The number of fused-ring (bicyclic) bond motifs is 6. The molecule has 6 atom stereocenters. The number of carbonyl (C=O) groups is 1. The number of hydrogen-bond acceptors (Lipinski definition) is 1. The van der Waals surface area contributed by atoms with E-state index in [1.54, 1.807) is 0 Å². The maximum Gasteiger partial charge on any atom is 0.138 e. The molecule has 0 saturated heterocycles. The monoisotopic (exact) mass is 424 g/mol. The smallest absolute Gasteiger partial charge is 0.138 e. The summed E-state index contributed by atoms with van der Waals surface area (Å²) in [5, 5.41) is 0. The minimum atomic E-state index is -0.132. The van der Waals surface area contributed by atoms with Gasteiger partial charge in [0.2, 0.25) is 0 Å². The van der Waals surface area contributed by atoms with Gasteiger partial charge in [-0.3, -0.25) is 4.79 Å². The standard InChI is InChI=1S/C30H48O/c1-25(2)15-16-27(5)17-18-29(7)20(21(27)19-25)9-10-23-28(6)13-12-24(31)26(3,4)22(28)11-14-30(23,29)8/h22-23H,9-19H2,1-8H3/t22?,23-,27-,28+,29-,30-/m1/s1. The van der Waals surface area contributed by atoms with Crippen molar-refractivity contribution in [3.63, 3.8) is 0 Å². The van der Waals surface area contributed by atoms with Crippen LogP contribution in [0.1, 0.15) is 126 Å². The van der Waals surface area contributed by atoms with Crippen LogP contribution >= 0.6 is 0 Å². The molecular formula is C30H48O. The Morgan fingerprint density at radius 2 is 1.35 bits per heavy atom. The molecule has 0 heterocycles. The molecule has 5 rings (SSSR count). The molecule has 0 aromatic heterocycles. The van der Waals surface area contributed by atoms with Crippen LogP contribution in [0.25, 0.3) is 0 Å². The van der Waals surface area contributed by atoms with Crippen LogP contribution in [0.4, 0.5) is 0 Å². The average molecular weight is 425 g/mol. The van der Waals surface area contributed by atoms with Crippen LogP contribution in [0.5, 0.6) is 0 Å². The number of rotatable bonds is 0. The number of hydrogen-bond donors (Lipinski definition) is 0. The van der Waals surface area contributed by atoms with Gasteiger partial charge in [-0.25, -0.2) is 0 Å². The van der Waals surface area contributed by atoms with Crippen LogP contribution in [0.15, 0.2) is 11.1 Å². The van der Waals surface area contributed by atoms with Crippen molar-refractivity contribution < 1.29 is 4.79 Å². The summed E-state index contributed by atoms with van der Waals surface area (Å²) in [6.45, 7) is 20.1. The molecule has 1 nitrogen and oxygen atoms in total. The molecule has 0 aliphatic heterocycles. The summed E-state index contributed by atoms with van der Waals surface area (Å²) in [5.41, 5.74) is 5.67. The quantitative estimate of drug-likeness (QED) is 0.356. The van der Waals surface area contributed by atoms with Gasteiger partial charge in [0.25, 0.3) is 0 Å². The second-order valence-corrected chi connectivity index (χ2v) is 14.9. The molecule has 0 radical (unpaired) electrons. The van der Waals surface area contributed by atoms with E-state index in [0.29, 0.717) is 38.8 Å². The van der Waals surface area contributed by atoms with Crippen LogP contribution in [-0.2, 0) is 4.79 Å². The lowest BCUT2D eigenvalue weighted by Crippen LogP contribution is -2.63. The molecule has 5 aliphatic rings. The molecule has 1 heteroatoms. The second kappa shape index (κ2) is 6.29. The van der Waals surface area contributed by atoms with Crippen LogP contribution in [0.2, 0.25) is 0 Å². The number of carbonyl (C=O) groups excluding carboxylic acids is 1. The first-order valence-corrected chi connectivity index (χ1v) is 13.5. The number of allylic oxidation sites excluding steroid dienone is 2. The predicted molar refractivity (Wildman–Crippen MR) is 130 cm³/mol. The molecule has 0 spiro atoms. The molecule has 31 heavy (non-hydrogen) atoms. The average Bonchev–Trinajstić information content (AvgIpc) is 2.67. The highest BCUT2D eigenvalue weighted by molar-refractivity contribution is 5.85. The molecule has 0 N–H and O–H groups in total. The van der Waals surface area contributed by atoms with Crippen LogP contribution in [0.3, 0.4) is 0 Å². The van der Waals surface area contributed by atoms with E-state index in [9.17, 15) is 4.79 Å². The van der Waals surface area contributed by atoms with E-state index in [4.69, 9.17) is 0 Å². The summed E-state index contributed by atoms with van der Waals surface area (Å²) in [6, 6.07) is 0. The summed E-state index contributed by atoms with van der Waals surface area (Å²) < 4.78 is 0. The minimum absolute atomic E-state index is 0.132. The van der Waals surface area contributed by atoms with Crippen molar-refractivity contribution in [3.8, 4) is 0 Å². The van der Waals surface area contributed by atoms with Crippen molar-refractivity contribution in [2.75, 3.05) is 0 Å². The van der Waals surface area contributed by atoms with Gasteiger partial charge >= 0.3 is 0 Å². The third kappa shape index (κ3) is 2.70. The van der Waals surface area contributed by atoms with Crippen molar-refractivity contribution in [2.45, 2.75) is 126 Å². The van der Waals surface area contributed by atoms with Crippen molar-refractivity contribution in [1.82, 2.24) is 0 Å². The molecule has 4 saturated carbocycles. The van der Waals surface area contributed by atoms with Crippen molar-refractivity contribution >= 4 is 5.78 Å². The van der Waals surface area contributed by atoms with E-state index in [1.807, 2.05) is 11.1 Å². The lowest BCUT2D eigenvalue weighted by atomic mass is 9.34. The van der Waals surface area contributed by atoms with Gasteiger partial charge in [0.05, 0.1) is 0 Å². The zero-order valence-electron chi connectivity index (χ0n) is 21.8. The molecule has 1 unspecified atom stereocenters. The van der Waals surface area contributed by atoms with Crippen molar-refractivity contribution in [2.24, 2.45) is 44.3 Å². The first kappa shape index (κ1) is 22.2. The molecule has 0 aromatic rings. The van der Waals surface area contributed by atoms with Crippen LogP contribution < -0.4 is 0 Å². The van der Waals surface area contributed by atoms with Gasteiger partial charge in [-0.2, -0.15) is 0 Å². The van der Waals surface area contributed by atoms with Gasteiger partial charge in [0.15, 0.2) is 0 Å². The Morgan fingerprint density at radius 1 is 0.677 bits per heavy atom. The van der Waals surface area contributed by atoms with Gasteiger partial charge in [0.1, 0.15) is 5.78 Å². The summed E-state index contributed by atoms with van der Waals surface area (Å²) >= 11 is 0. The Balaban J connectivity index is 1.60. The van der Waals surface area contributed by atoms with Gasteiger partial charge in [-0.05, 0) is 103 Å². The number of ketones is 1. The maximum atomic E-state index is 12.9. The molecule has 4 fully saturated rings. The molecule has 5 aliphatic carbocycles. The fourth-order valence-electron chi connectivity index (χ4n) is 10.3. The summed E-state index contributed by atoms with van der Waals surface area (Å²) in [4.78, 5) is 12.9. The van der Waals surface area contributed by atoms with E-state index in [0.717, 1.165) is 18.8 Å². The molecule has 0 bridgehead atoms. The maximum absolute atomic E-state index is 12.9. The molecule has 174 valence electrons. The Labute approximate surface area is 192 Å². The highest BCUT2D eigenvalue weighted by Gasteiger charge is 2.67. The third-order valence-electron chi connectivity index (χ3n) is 12.7. The van der Waals surface area contributed by atoms with E-state index in [2.05, 4.69) is 55.4 Å². The van der Waals surface area contributed by atoms with Gasteiger partial charge in [0, 0.05) is 11.8 Å². The van der Waals surface area contributed by atoms with Gasteiger partial charge in [-0.1, -0.05) is 66.5 Å². The van der Waals surface area contributed by atoms with Crippen molar-refractivity contribution in [1.29, 1.82) is 0 Å². The second-order valence-electron chi connectivity index (χ2n) is 14.9. The third-order valence-corrected chi connectivity index (χ3v) is 12.7. The minimum Gasteiger partial charge on any atom is -0.299 e. The lowest BCUT2D eigenvalue weighted by molar-refractivity contribution is -0.184. The van der Waals surface area contributed by atoms with Crippen molar-refractivity contribution in [3.05, 3.63) is 11.1 Å². The first-order valence-electron chi connectivity index (χ1n) is 13.5. The molecule has 0 amide bonds. The highest BCUT2D eigenvalue weighted by atomic mass is 16.1. The fourth-order valence-corrected chi connectivity index (χ4v) is 10.3. The summed E-state index contributed by atoms with van der Waals surface area (Å²) in [5.74, 6) is 1.86.